The minimum atomic E-state index is -0.407. The lowest BCUT2D eigenvalue weighted by Gasteiger charge is -2.08. The highest BCUT2D eigenvalue weighted by molar-refractivity contribution is 5.21. The summed E-state index contributed by atoms with van der Waals surface area (Å²) in [5, 5.41) is 3.28. The first-order valence-electron chi connectivity index (χ1n) is 5.08. The average molecular weight is 215 g/mol. The zero-order valence-electron chi connectivity index (χ0n) is 8.51. The molecule has 1 saturated heterocycles. The van der Waals surface area contributed by atoms with Crippen LogP contribution in [0.2, 0.25) is 0 Å². The van der Waals surface area contributed by atoms with Crippen LogP contribution in [0, 0.1) is 5.82 Å². The predicted molar refractivity (Wildman–Crippen MR) is 54.9 cm³/mol. The van der Waals surface area contributed by atoms with Gasteiger partial charge < -0.3 is 5.32 Å². The Kier molecular flexibility index (Phi) is 5.70. The third kappa shape index (κ3) is 5.32. The monoisotopic (exact) mass is 215 g/mol. The van der Waals surface area contributed by atoms with Crippen molar-refractivity contribution in [3.8, 4) is 5.75 Å². The SMILES string of the molecule is C1CCNCC1.FOc1ccc(F)cc1. The maximum Gasteiger partial charge on any atom is 0.172 e. The van der Waals surface area contributed by atoms with E-state index in [-0.39, 0.29) is 5.75 Å². The first-order valence-corrected chi connectivity index (χ1v) is 5.08. The topological polar surface area (TPSA) is 21.3 Å². The normalized spacial score (nSPS) is 15.1. The van der Waals surface area contributed by atoms with E-state index in [2.05, 4.69) is 10.3 Å². The predicted octanol–water partition coefficient (Wildman–Crippen LogP) is 2.85. The van der Waals surface area contributed by atoms with E-state index in [0.717, 1.165) is 12.1 Å². The maximum absolute atomic E-state index is 12.0. The first-order chi connectivity index (χ1) is 7.33. The lowest BCUT2D eigenvalue weighted by atomic mass is 10.2. The van der Waals surface area contributed by atoms with Crippen molar-refractivity contribution in [2.24, 2.45) is 0 Å². The molecule has 0 radical (unpaired) electrons. The van der Waals surface area contributed by atoms with E-state index >= 15 is 0 Å². The van der Waals surface area contributed by atoms with Gasteiger partial charge in [0.2, 0.25) is 0 Å². The Morgan fingerprint density at radius 1 is 1.00 bits per heavy atom. The standard InChI is InChI=1S/C6H4F2O.C5H11N/c7-5-1-3-6(9-8)4-2-5;1-2-4-6-5-3-1/h1-4H;6H,1-5H2. The number of piperidine rings is 1. The van der Waals surface area contributed by atoms with Gasteiger partial charge in [-0.05, 0) is 50.2 Å². The largest absolute Gasteiger partial charge is 0.317 e. The number of hydrogen-bond acceptors (Lipinski definition) is 2. The lowest BCUT2D eigenvalue weighted by molar-refractivity contribution is -0.00628. The van der Waals surface area contributed by atoms with Crippen molar-refractivity contribution in [3.05, 3.63) is 30.1 Å². The summed E-state index contributed by atoms with van der Waals surface area (Å²) in [7, 11) is 0. The van der Waals surface area contributed by atoms with Gasteiger partial charge in [0.05, 0.1) is 0 Å². The van der Waals surface area contributed by atoms with Crippen LogP contribution in [-0.2, 0) is 0 Å². The molecule has 0 saturated carbocycles. The summed E-state index contributed by atoms with van der Waals surface area (Å²) < 4.78 is 23.3. The summed E-state index contributed by atoms with van der Waals surface area (Å²) >= 11 is 0. The Hall–Kier alpha value is -1.16. The van der Waals surface area contributed by atoms with Crippen molar-refractivity contribution < 1.29 is 13.9 Å². The average Bonchev–Trinajstić information content (AvgIpc) is 2.33. The van der Waals surface area contributed by atoms with Crippen LogP contribution >= 0.6 is 0 Å². The summed E-state index contributed by atoms with van der Waals surface area (Å²) in [4.78, 5) is 3.30. The van der Waals surface area contributed by atoms with Crippen LogP contribution in [0.1, 0.15) is 19.3 Å². The molecular weight excluding hydrogens is 200 g/mol. The Labute approximate surface area is 88.2 Å². The molecule has 0 aromatic heterocycles. The number of hydrogen-bond donors (Lipinski definition) is 1. The second-order valence-corrected chi connectivity index (χ2v) is 3.34. The van der Waals surface area contributed by atoms with Crippen molar-refractivity contribution in [1.29, 1.82) is 0 Å². The molecule has 0 atom stereocenters. The van der Waals surface area contributed by atoms with E-state index in [0.29, 0.717) is 0 Å². The molecule has 15 heavy (non-hydrogen) atoms. The van der Waals surface area contributed by atoms with E-state index in [1.54, 1.807) is 0 Å². The second-order valence-electron chi connectivity index (χ2n) is 3.34. The summed E-state index contributed by atoms with van der Waals surface area (Å²) in [5.41, 5.74) is 0. The molecule has 1 N–H and O–H groups in total. The maximum atomic E-state index is 12.0. The zero-order valence-corrected chi connectivity index (χ0v) is 8.51. The van der Waals surface area contributed by atoms with Gasteiger partial charge in [-0.3, -0.25) is 4.94 Å². The molecule has 1 fully saturated rings. The molecule has 1 aromatic rings. The number of benzene rings is 1. The van der Waals surface area contributed by atoms with E-state index in [9.17, 15) is 8.92 Å². The van der Waals surface area contributed by atoms with E-state index in [4.69, 9.17) is 0 Å². The van der Waals surface area contributed by atoms with E-state index < -0.39 is 5.82 Å². The smallest absolute Gasteiger partial charge is 0.172 e. The van der Waals surface area contributed by atoms with Gasteiger partial charge in [-0.25, -0.2) is 4.39 Å². The van der Waals surface area contributed by atoms with Gasteiger partial charge in [-0.1, -0.05) is 6.42 Å². The summed E-state index contributed by atoms with van der Waals surface area (Å²) in [6.07, 6.45) is 4.22. The molecule has 0 amide bonds. The molecule has 2 rings (SSSR count). The van der Waals surface area contributed by atoms with Crippen LogP contribution in [0.3, 0.4) is 0 Å². The van der Waals surface area contributed by atoms with Crippen molar-refractivity contribution in [1.82, 2.24) is 5.32 Å². The van der Waals surface area contributed by atoms with Gasteiger partial charge in [0, 0.05) is 4.53 Å². The minimum absolute atomic E-state index is 0.0106. The summed E-state index contributed by atoms with van der Waals surface area (Å²) in [5.74, 6) is -0.396. The molecule has 1 aliphatic rings. The Morgan fingerprint density at radius 2 is 1.60 bits per heavy atom. The van der Waals surface area contributed by atoms with Crippen molar-refractivity contribution in [3.63, 3.8) is 0 Å². The summed E-state index contributed by atoms with van der Waals surface area (Å²) in [6, 6.07) is 4.65. The number of halogens is 2. The Bertz CT molecular complexity index is 248. The Balaban J connectivity index is 0.000000162. The van der Waals surface area contributed by atoms with Crippen molar-refractivity contribution in [2.45, 2.75) is 19.3 Å². The molecular formula is C11H15F2NO. The third-order valence-corrected chi connectivity index (χ3v) is 2.11. The Morgan fingerprint density at radius 3 is 1.93 bits per heavy atom. The molecule has 0 bridgehead atoms. The quantitative estimate of drug-likeness (QED) is 0.777. The van der Waals surface area contributed by atoms with Gasteiger partial charge in [0.1, 0.15) is 5.82 Å². The molecule has 1 aliphatic heterocycles. The van der Waals surface area contributed by atoms with Crippen molar-refractivity contribution in [2.75, 3.05) is 13.1 Å². The van der Waals surface area contributed by atoms with E-state index in [1.807, 2.05) is 0 Å². The van der Waals surface area contributed by atoms with Crippen LogP contribution in [0.5, 0.6) is 5.75 Å². The highest BCUT2D eigenvalue weighted by atomic mass is 19.3. The van der Waals surface area contributed by atoms with Crippen molar-refractivity contribution >= 4 is 0 Å². The number of rotatable bonds is 1. The molecule has 0 spiro atoms. The van der Waals surface area contributed by atoms with Crippen LogP contribution in [0.25, 0.3) is 0 Å². The van der Waals surface area contributed by atoms with Crippen LogP contribution in [0.4, 0.5) is 8.92 Å². The highest BCUT2D eigenvalue weighted by Crippen LogP contribution is 2.10. The highest BCUT2D eigenvalue weighted by Gasteiger charge is 1.93. The fourth-order valence-corrected chi connectivity index (χ4v) is 1.29. The molecule has 4 heteroatoms. The second kappa shape index (κ2) is 7.17. The summed E-state index contributed by atoms with van der Waals surface area (Å²) in [6.45, 7) is 2.50. The first kappa shape index (κ1) is 11.9. The van der Waals surface area contributed by atoms with Crippen LogP contribution in [0.15, 0.2) is 24.3 Å². The fourth-order valence-electron chi connectivity index (χ4n) is 1.29. The van der Waals surface area contributed by atoms with Crippen LogP contribution in [-0.4, -0.2) is 13.1 Å². The lowest BCUT2D eigenvalue weighted by Crippen LogP contribution is -2.21. The van der Waals surface area contributed by atoms with Crippen LogP contribution < -0.4 is 10.3 Å². The van der Waals surface area contributed by atoms with Gasteiger partial charge in [0.15, 0.2) is 5.75 Å². The molecule has 1 aromatic carbocycles. The van der Waals surface area contributed by atoms with Gasteiger partial charge in [0.25, 0.3) is 0 Å². The minimum Gasteiger partial charge on any atom is -0.317 e. The van der Waals surface area contributed by atoms with Gasteiger partial charge in [-0.2, -0.15) is 0 Å². The molecule has 0 unspecified atom stereocenters. The zero-order chi connectivity index (χ0) is 10.9. The molecule has 2 nitrogen and oxygen atoms in total. The fraction of sp³-hybridized carbons (Fsp3) is 0.455. The third-order valence-electron chi connectivity index (χ3n) is 2.11. The molecule has 0 aliphatic carbocycles. The van der Waals surface area contributed by atoms with Gasteiger partial charge in [-0.15, -0.1) is 0 Å². The van der Waals surface area contributed by atoms with Gasteiger partial charge >= 0.3 is 0 Å². The van der Waals surface area contributed by atoms with E-state index in [1.165, 1.54) is 44.5 Å². The molecule has 84 valence electrons. The molecule has 1 heterocycles. The number of nitrogens with one attached hydrogen (secondary N) is 1.